The first-order chi connectivity index (χ1) is 12.0. The summed E-state index contributed by atoms with van der Waals surface area (Å²) in [5.41, 5.74) is 21.2. The molecule has 0 amide bonds. The van der Waals surface area contributed by atoms with Gasteiger partial charge in [-0.15, -0.1) is 11.3 Å². The second-order valence-electron chi connectivity index (χ2n) is 5.46. The molecule has 126 valence electrons. The Morgan fingerprint density at radius 3 is 2.48 bits per heavy atom. The lowest BCUT2D eigenvalue weighted by Gasteiger charge is -2.00. The van der Waals surface area contributed by atoms with Gasteiger partial charge in [0.1, 0.15) is 5.01 Å². The molecule has 0 saturated carbocycles. The van der Waals surface area contributed by atoms with Gasteiger partial charge in [0.2, 0.25) is 5.96 Å². The van der Waals surface area contributed by atoms with Crippen molar-refractivity contribution in [1.29, 1.82) is 0 Å². The van der Waals surface area contributed by atoms with Crippen LogP contribution in [-0.2, 0) is 0 Å². The Labute approximate surface area is 149 Å². The largest absolute Gasteiger partial charge is 0.370 e. The fraction of sp³-hybridized carbons (Fsp3) is 0.0556. The Balaban J connectivity index is 1.89. The topological polar surface area (TPSA) is 116 Å². The van der Waals surface area contributed by atoms with Gasteiger partial charge in [0.25, 0.3) is 0 Å². The second kappa shape index (κ2) is 7.14. The summed E-state index contributed by atoms with van der Waals surface area (Å²) >= 11 is 1.58. The Morgan fingerprint density at radius 1 is 1.00 bits per heavy atom. The van der Waals surface area contributed by atoms with Crippen LogP contribution in [0.15, 0.2) is 63.9 Å². The molecule has 0 atom stereocenters. The number of aromatic nitrogens is 1. The van der Waals surface area contributed by atoms with Crippen molar-refractivity contribution in [3.8, 4) is 21.8 Å². The molecule has 1 heterocycles. The van der Waals surface area contributed by atoms with Gasteiger partial charge in [-0.3, -0.25) is 0 Å². The monoisotopic (exact) mass is 350 g/mol. The SMILES string of the molecule is Cc1ccc(-c2csc(-c3cccc(N=C(N)N=C(N)N)c3)n2)cc1. The minimum Gasteiger partial charge on any atom is -0.370 e. The third-order valence-corrected chi connectivity index (χ3v) is 4.32. The van der Waals surface area contributed by atoms with Gasteiger partial charge in [0.15, 0.2) is 5.96 Å². The molecule has 0 aliphatic rings. The lowest BCUT2D eigenvalue weighted by molar-refractivity contribution is 1.37. The molecule has 25 heavy (non-hydrogen) atoms. The normalized spacial score (nSPS) is 11.3. The molecule has 3 aromatic rings. The van der Waals surface area contributed by atoms with E-state index in [9.17, 15) is 0 Å². The molecular weight excluding hydrogens is 332 g/mol. The van der Waals surface area contributed by atoms with Gasteiger partial charge in [0.05, 0.1) is 11.4 Å². The highest BCUT2D eigenvalue weighted by Crippen LogP contribution is 2.30. The molecule has 0 aliphatic heterocycles. The Morgan fingerprint density at radius 2 is 1.76 bits per heavy atom. The maximum absolute atomic E-state index is 5.68. The standard InChI is InChI=1S/C18H18N6S/c1-11-5-7-12(8-6-11)15-10-25-16(23-15)13-3-2-4-14(9-13)22-18(21)24-17(19)20/h2-10H,1H3,(H6,19,20,21,22,24). The Kier molecular flexibility index (Phi) is 4.76. The van der Waals surface area contributed by atoms with Gasteiger partial charge in [-0.05, 0) is 19.1 Å². The highest BCUT2D eigenvalue weighted by molar-refractivity contribution is 7.13. The third kappa shape index (κ3) is 4.21. The van der Waals surface area contributed by atoms with Gasteiger partial charge in [-0.25, -0.2) is 9.98 Å². The lowest BCUT2D eigenvalue weighted by Crippen LogP contribution is -2.26. The highest BCUT2D eigenvalue weighted by atomic mass is 32.1. The molecule has 0 radical (unpaired) electrons. The first kappa shape index (κ1) is 16.7. The summed E-state index contributed by atoms with van der Waals surface area (Å²) in [7, 11) is 0. The van der Waals surface area contributed by atoms with E-state index >= 15 is 0 Å². The molecule has 0 saturated heterocycles. The van der Waals surface area contributed by atoms with E-state index < -0.39 is 0 Å². The van der Waals surface area contributed by atoms with Crippen LogP contribution in [0.4, 0.5) is 5.69 Å². The number of thiazole rings is 1. The number of aliphatic imine (C=N–C) groups is 2. The summed E-state index contributed by atoms with van der Waals surface area (Å²) in [5, 5.41) is 2.96. The molecule has 7 heteroatoms. The molecule has 0 fully saturated rings. The van der Waals surface area contributed by atoms with E-state index in [4.69, 9.17) is 22.2 Å². The van der Waals surface area contributed by atoms with Gasteiger partial charge in [0, 0.05) is 16.5 Å². The van der Waals surface area contributed by atoms with Crippen molar-refractivity contribution >= 4 is 28.9 Å². The number of hydrogen-bond donors (Lipinski definition) is 3. The average Bonchev–Trinajstić information content (AvgIpc) is 3.05. The van der Waals surface area contributed by atoms with Gasteiger partial charge < -0.3 is 17.2 Å². The first-order valence-electron chi connectivity index (χ1n) is 7.58. The highest BCUT2D eigenvalue weighted by Gasteiger charge is 2.07. The molecule has 0 bridgehead atoms. The van der Waals surface area contributed by atoms with Crippen LogP contribution in [0.3, 0.4) is 0 Å². The van der Waals surface area contributed by atoms with Gasteiger partial charge >= 0.3 is 0 Å². The molecule has 0 aliphatic carbocycles. The van der Waals surface area contributed by atoms with Crippen LogP contribution in [0.25, 0.3) is 21.8 Å². The number of rotatable bonds is 3. The van der Waals surface area contributed by atoms with Gasteiger partial charge in [-0.1, -0.05) is 42.0 Å². The van der Waals surface area contributed by atoms with E-state index in [2.05, 4.69) is 41.2 Å². The summed E-state index contributed by atoms with van der Waals surface area (Å²) in [6.45, 7) is 2.07. The maximum Gasteiger partial charge on any atom is 0.223 e. The zero-order valence-electron chi connectivity index (χ0n) is 13.7. The quantitative estimate of drug-likeness (QED) is 0.497. The predicted molar refractivity (Wildman–Crippen MR) is 105 cm³/mol. The second-order valence-corrected chi connectivity index (χ2v) is 6.32. The van der Waals surface area contributed by atoms with Crippen LogP contribution in [0.5, 0.6) is 0 Å². The number of aryl methyl sites for hydroxylation is 1. The van der Waals surface area contributed by atoms with Crippen LogP contribution in [0, 0.1) is 6.92 Å². The fourth-order valence-corrected chi connectivity index (χ4v) is 3.09. The number of nitrogens with two attached hydrogens (primary N) is 3. The summed E-state index contributed by atoms with van der Waals surface area (Å²) in [5.74, 6) is -0.114. The molecule has 6 nitrogen and oxygen atoms in total. The third-order valence-electron chi connectivity index (χ3n) is 3.43. The van der Waals surface area contributed by atoms with Crippen molar-refractivity contribution in [2.24, 2.45) is 27.2 Å². The van der Waals surface area contributed by atoms with E-state index in [1.54, 1.807) is 11.3 Å². The summed E-state index contributed by atoms with van der Waals surface area (Å²) in [6.07, 6.45) is 0. The summed E-state index contributed by atoms with van der Waals surface area (Å²) < 4.78 is 0. The Hall–Kier alpha value is -3.19. The number of benzene rings is 2. The zero-order valence-corrected chi connectivity index (χ0v) is 14.5. The van der Waals surface area contributed by atoms with E-state index in [0.717, 1.165) is 21.8 Å². The molecular formula is C18H18N6S. The molecule has 0 unspecified atom stereocenters. The van der Waals surface area contributed by atoms with Crippen molar-refractivity contribution < 1.29 is 0 Å². The number of hydrogen-bond acceptors (Lipinski definition) is 3. The van der Waals surface area contributed by atoms with Gasteiger partial charge in [-0.2, -0.15) is 4.99 Å². The Bertz CT molecular complexity index is 936. The van der Waals surface area contributed by atoms with E-state index in [1.165, 1.54) is 5.56 Å². The van der Waals surface area contributed by atoms with Crippen LogP contribution in [0.2, 0.25) is 0 Å². The molecule has 0 spiro atoms. The smallest absolute Gasteiger partial charge is 0.223 e. The first-order valence-corrected chi connectivity index (χ1v) is 8.46. The van der Waals surface area contributed by atoms with Crippen molar-refractivity contribution in [1.82, 2.24) is 4.98 Å². The van der Waals surface area contributed by atoms with E-state index in [1.807, 2.05) is 29.6 Å². The molecule has 1 aromatic heterocycles. The van der Waals surface area contributed by atoms with Crippen LogP contribution < -0.4 is 17.2 Å². The van der Waals surface area contributed by atoms with E-state index in [-0.39, 0.29) is 11.9 Å². The van der Waals surface area contributed by atoms with Crippen molar-refractivity contribution in [2.75, 3.05) is 0 Å². The number of nitrogens with zero attached hydrogens (tertiary/aromatic N) is 3. The van der Waals surface area contributed by atoms with Crippen LogP contribution in [-0.4, -0.2) is 16.9 Å². The van der Waals surface area contributed by atoms with Crippen molar-refractivity contribution in [3.63, 3.8) is 0 Å². The fourth-order valence-electron chi connectivity index (χ4n) is 2.26. The van der Waals surface area contributed by atoms with E-state index in [0.29, 0.717) is 5.69 Å². The average molecular weight is 350 g/mol. The molecule has 3 rings (SSSR count). The molecule has 6 N–H and O–H groups in total. The molecule has 2 aromatic carbocycles. The maximum atomic E-state index is 5.68. The van der Waals surface area contributed by atoms with Crippen LogP contribution >= 0.6 is 11.3 Å². The summed E-state index contributed by atoms with van der Waals surface area (Å²) in [4.78, 5) is 12.6. The van der Waals surface area contributed by atoms with Crippen molar-refractivity contribution in [3.05, 3.63) is 59.5 Å². The summed E-state index contributed by atoms with van der Waals surface area (Å²) in [6, 6.07) is 15.9. The van der Waals surface area contributed by atoms with Crippen molar-refractivity contribution in [2.45, 2.75) is 6.92 Å². The lowest BCUT2D eigenvalue weighted by atomic mass is 10.1. The zero-order chi connectivity index (χ0) is 17.8. The minimum atomic E-state index is -0.125. The van der Waals surface area contributed by atoms with Crippen LogP contribution in [0.1, 0.15) is 5.56 Å². The minimum absolute atomic E-state index is 0.0108. The number of guanidine groups is 2. The predicted octanol–water partition coefficient (Wildman–Crippen LogP) is 3.01.